The minimum absolute atomic E-state index is 0.193. The number of halogens is 1. The molecule has 0 heterocycles. The Morgan fingerprint density at radius 1 is 0.875 bits per heavy atom. The van der Waals surface area contributed by atoms with E-state index in [0.717, 1.165) is 15.6 Å². The molecule has 2 amide bonds. The van der Waals surface area contributed by atoms with Gasteiger partial charge in [-0.15, -0.1) is 0 Å². The fourth-order valence-electron chi connectivity index (χ4n) is 3.70. The van der Waals surface area contributed by atoms with Crippen molar-refractivity contribution in [3.8, 4) is 17.2 Å². The van der Waals surface area contributed by atoms with E-state index in [0.29, 0.717) is 40.7 Å². The molecular weight excluding hydrogens is 574 g/mol. The van der Waals surface area contributed by atoms with E-state index in [4.69, 9.17) is 14.2 Å². The third-order valence-electron chi connectivity index (χ3n) is 5.67. The predicted octanol–water partition coefficient (Wildman–Crippen LogP) is 6.13. The van der Waals surface area contributed by atoms with Crippen LogP contribution in [0, 0.1) is 6.92 Å². The lowest BCUT2D eigenvalue weighted by molar-refractivity contribution is -0.118. The van der Waals surface area contributed by atoms with E-state index in [1.165, 1.54) is 13.3 Å². The molecule has 0 atom stereocenters. The number of benzene rings is 4. The number of carbonyl (C=O) groups is 2. The molecule has 0 aliphatic heterocycles. The Morgan fingerprint density at radius 2 is 1.68 bits per heavy atom. The van der Waals surface area contributed by atoms with Gasteiger partial charge in [0, 0.05) is 21.3 Å². The molecule has 4 aromatic rings. The molecule has 4 aromatic carbocycles. The maximum Gasteiger partial charge on any atom is 0.271 e. The molecule has 0 saturated heterocycles. The van der Waals surface area contributed by atoms with Crippen molar-refractivity contribution < 1.29 is 23.8 Å². The van der Waals surface area contributed by atoms with Crippen molar-refractivity contribution in [1.29, 1.82) is 0 Å². The van der Waals surface area contributed by atoms with Gasteiger partial charge in [0.15, 0.2) is 18.1 Å². The van der Waals surface area contributed by atoms with Crippen LogP contribution in [-0.4, -0.2) is 31.7 Å². The molecule has 0 unspecified atom stereocenters. The second-order valence-electron chi connectivity index (χ2n) is 8.73. The zero-order valence-corrected chi connectivity index (χ0v) is 23.6. The van der Waals surface area contributed by atoms with Gasteiger partial charge >= 0.3 is 0 Å². The van der Waals surface area contributed by atoms with Gasteiger partial charge in [-0.3, -0.25) is 9.59 Å². The number of amides is 2. The number of nitrogens with zero attached hydrogens (tertiary/aromatic N) is 1. The highest BCUT2D eigenvalue weighted by Gasteiger charge is 2.12. The Morgan fingerprint density at radius 3 is 2.45 bits per heavy atom. The first kappa shape index (κ1) is 28.4. The maximum atomic E-state index is 12.7. The van der Waals surface area contributed by atoms with E-state index in [1.807, 2.05) is 61.5 Å². The number of carbonyl (C=O) groups excluding carboxylic acids is 2. The largest absolute Gasteiger partial charge is 0.493 e. The van der Waals surface area contributed by atoms with Gasteiger partial charge in [0.25, 0.3) is 11.8 Å². The second kappa shape index (κ2) is 14.0. The van der Waals surface area contributed by atoms with Crippen LogP contribution in [-0.2, 0) is 11.4 Å². The van der Waals surface area contributed by atoms with Gasteiger partial charge < -0.3 is 19.5 Å². The van der Waals surface area contributed by atoms with Gasteiger partial charge in [0.2, 0.25) is 0 Å². The topological polar surface area (TPSA) is 98.3 Å². The predicted molar refractivity (Wildman–Crippen MR) is 158 cm³/mol. The lowest BCUT2D eigenvalue weighted by Gasteiger charge is -2.12. The lowest BCUT2D eigenvalue weighted by atomic mass is 10.2. The van der Waals surface area contributed by atoms with E-state index >= 15 is 0 Å². The van der Waals surface area contributed by atoms with Crippen LogP contribution in [0.5, 0.6) is 17.2 Å². The van der Waals surface area contributed by atoms with Crippen molar-refractivity contribution in [2.45, 2.75) is 13.5 Å². The molecule has 0 spiro atoms. The highest BCUT2D eigenvalue weighted by Crippen LogP contribution is 2.29. The van der Waals surface area contributed by atoms with Crippen molar-refractivity contribution in [2.24, 2.45) is 5.10 Å². The molecule has 204 valence electrons. The number of methoxy groups -OCH3 is 1. The van der Waals surface area contributed by atoms with E-state index in [1.54, 1.807) is 36.4 Å². The van der Waals surface area contributed by atoms with Crippen molar-refractivity contribution in [1.82, 2.24) is 5.43 Å². The number of rotatable bonds is 11. The highest BCUT2D eigenvalue weighted by molar-refractivity contribution is 9.10. The van der Waals surface area contributed by atoms with Gasteiger partial charge in [-0.2, -0.15) is 5.10 Å². The summed E-state index contributed by atoms with van der Waals surface area (Å²) in [5.74, 6) is 0.657. The van der Waals surface area contributed by atoms with Crippen LogP contribution >= 0.6 is 15.9 Å². The van der Waals surface area contributed by atoms with Crippen LogP contribution in [0.3, 0.4) is 0 Å². The van der Waals surface area contributed by atoms with Crippen molar-refractivity contribution in [3.63, 3.8) is 0 Å². The summed E-state index contributed by atoms with van der Waals surface area (Å²) < 4.78 is 17.8. The van der Waals surface area contributed by atoms with Gasteiger partial charge in [-0.1, -0.05) is 58.4 Å². The number of ether oxygens (including phenoxy) is 3. The summed E-state index contributed by atoms with van der Waals surface area (Å²) in [6, 6.07) is 27.4. The molecule has 0 aliphatic carbocycles. The molecule has 0 fully saturated rings. The summed E-state index contributed by atoms with van der Waals surface area (Å²) in [5, 5.41) is 6.89. The van der Waals surface area contributed by atoms with E-state index in [-0.39, 0.29) is 12.5 Å². The number of nitrogens with one attached hydrogen (secondary N) is 2. The van der Waals surface area contributed by atoms with Crippen LogP contribution in [0.25, 0.3) is 0 Å². The number of hydrazone groups is 1. The van der Waals surface area contributed by atoms with Crippen LogP contribution in [0.2, 0.25) is 0 Å². The quantitative estimate of drug-likeness (QED) is 0.159. The zero-order chi connectivity index (χ0) is 28.3. The third kappa shape index (κ3) is 8.18. The van der Waals surface area contributed by atoms with E-state index in [9.17, 15) is 9.59 Å². The summed E-state index contributed by atoms with van der Waals surface area (Å²) in [4.78, 5) is 25.1. The smallest absolute Gasteiger partial charge is 0.271 e. The molecule has 8 nitrogen and oxygen atoms in total. The Balaban J connectivity index is 1.36. The van der Waals surface area contributed by atoms with Crippen LogP contribution in [0.4, 0.5) is 5.69 Å². The minimum atomic E-state index is -0.431. The molecule has 0 aliphatic rings. The van der Waals surface area contributed by atoms with Crippen LogP contribution < -0.4 is 25.0 Å². The van der Waals surface area contributed by atoms with E-state index < -0.39 is 5.91 Å². The molecule has 40 heavy (non-hydrogen) atoms. The summed E-state index contributed by atoms with van der Waals surface area (Å²) in [6.45, 7) is 2.13. The van der Waals surface area contributed by atoms with Crippen molar-refractivity contribution in [2.75, 3.05) is 19.0 Å². The van der Waals surface area contributed by atoms with Crippen LogP contribution in [0.1, 0.15) is 27.0 Å². The molecule has 4 rings (SSSR count). The third-order valence-corrected chi connectivity index (χ3v) is 6.16. The maximum absolute atomic E-state index is 12.7. The van der Waals surface area contributed by atoms with E-state index in [2.05, 4.69) is 31.8 Å². The summed E-state index contributed by atoms with van der Waals surface area (Å²) >= 11 is 3.43. The van der Waals surface area contributed by atoms with Gasteiger partial charge in [0.05, 0.1) is 13.3 Å². The molecule has 2 N–H and O–H groups in total. The Hall–Kier alpha value is -4.63. The lowest BCUT2D eigenvalue weighted by Crippen LogP contribution is -2.20. The van der Waals surface area contributed by atoms with Crippen molar-refractivity contribution >= 4 is 39.6 Å². The average Bonchev–Trinajstić information content (AvgIpc) is 2.96. The fraction of sp³-hybridized carbons (Fsp3) is 0.129. The monoisotopic (exact) mass is 601 g/mol. The summed E-state index contributed by atoms with van der Waals surface area (Å²) in [7, 11) is 1.51. The minimum Gasteiger partial charge on any atom is -0.493 e. The first-order chi connectivity index (χ1) is 19.4. The molecule has 0 bridgehead atoms. The second-order valence-corrected chi connectivity index (χ2v) is 9.64. The number of hydrogen-bond acceptors (Lipinski definition) is 6. The first-order valence-electron chi connectivity index (χ1n) is 12.4. The Kier molecular flexibility index (Phi) is 9.90. The SMILES string of the molecule is COc1cc(C(=O)N/N=C/c2cc(Br)ccc2OCC(=O)Nc2cccc(C)c2)ccc1OCc1ccccc1. The number of anilines is 1. The highest BCUT2D eigenvalue weighted by atomic mass is 79.9. The zero-order valence-electron chi connectivity index (χ0n) is 22.0. The Labute approximate surface area is 241 Å². The molecule has 0 radical (unpaired) electrons. The fourth-order valence-corrected chi connectivity index (χ4v) is 4.08. The van der Waals surface area contributed by atoms with Gasteiger partial charge in [0.1, 0.15) is 12.4 Å². The molecule has 0 saturated carbocycles. The average molecular weight is 602 g/mol. The number of hydrogen-bond donors (Lipinski definition) is 2. The first-order valence-corrected chi connectivity index (χ1v) is 13.2. The van der Waals surface area contributed by atoms with Crippen LogP contribution in [0.15, 0.2) is 101 Å². The summed E-state index contributed by atoms with van der Waals surface area (Å²) in [6.07, 6.45) is 1.45. The Bertz CT molecular complexity index is 1510. The van der Waals surface area contributed by atoms with Gasteiger partial charge in [-0.05, 0) is 66.6 Å². The standard InChI is InChI=1S/C31H28BrN3O5/c1-21-7-6-10-26(15-21)34-30(36)20-40-27-14-12-25(32)16-24(27)18-33-35-31(37)23-11-13-28(29(17-23)38-2)39-19-22-8-4-3-5-9-22/h3-18H,19-20H2,1-2H3,(H,34,36)(H,35,37)/b33-18+. The molecule has 0 aromatic heterocycles. The van der Waals surface area contributed by atoms with Crippen molar-refractivity contribution in [3.05, 3.63) is 118 Å². The summed E-state index contributed by atoms with van der Waals surface area (Å²) in [5.41, 5.74) is 6.18. The normalized spacial score (nSPS) is 10.7. The van der Waals surface area contributed by atoms with Gasteiger partial charge in [-0.25, -0.2) is 5.43 Å². The molecular formula is C31H28BrN3O5. The molecule has 9 heteroatoms. The number of aryl methyl sites for hydroxylation is 1.